The average Bonchev–Trinajstić information content (AvgIpc) is 2.74. The molecule has 2 N–H and O–H groups in total. The first kappa shape index (κ1) is 10.9. The summed E-state index contributed by atoms with van der Waals surface area (Å²) in [5, 5.41) is 2.72. The smallest absolute Gasteiger partial charge is 0.231 e. The van der Waals surface area contributed by atoms with Crippen LogP contribution >= 0.6 is 15.9 Å². The zero-order chi connectivity index (χ0) is 11.4. The largest absolute Gasteiger partial charge is 0.365 e. The van der Waals surface area contributed by atoms with E-state index in [0.717, 1.165) is 10.2 Å². The lowest BCUT2D eigenvalue weighted by atomic mass is 10.3. The molecular formula is C11H10BrN3O. The van der Waals surface area contributed by atoms with Crippen LogP contribution in [0.2, 0.25) is 0 Å². The molecule has 2 aromatic heterocycles. The molecule has 2 rings (SSSR count). The Labute approximate surface area is 101 Å². The van der Waals surface area contributed by atoms with E-state index >= 15 is 0 Å². The number of halogens is 1. The normalized spacial score (nSPS) is 10.1. The van der Waals surface area contributed by atoms with Crippen LogP contribution < -0.4 is 5.32 Å². The maximum atomic E-state index is 11.6. The van der Waals surface area contributed by atoms with E-state index in [1.165, 1.54) is 0 Å². The molecule has 4 nitrogen and oxygen atoms in total. The van der Waals surface area contributed by atoms with Gasteiger partial charge in [0.2, 0.25) is 5.91 Å². The summed E-state index contributed by atoms with van der Waals surface area (Å²) in [4.78, 5) is 18.6. The number of anilines is 1. The second-order valence-electron chi connectivity index (χ2n) is 3.28. The van der Waals surface area contributed by atoms with Crippen LogP contribution in [-0.2, 0) is 11.2 Å². The van der Waals surface area contributed by atoms with Gasteiger partial charge in [-0.1, -0.05) is 0 Å². The summed E-state index contributed by atoms with van der Waals surface area (Å²) >= 11 is 3.28. The lowest BCUT2D eigenvalue weighted by Crippen LogP contribution is -2.15. The van der Waals surface area contributed by atoms with Gasteiger partial charge >= 0.3 is 0 Å². The Morgan fingerprint density at radius 2 is 2.31 bits per heavy atom. The predicted octanol–water partition coefficient (Wildman–Crippen LogP) is 2.35. The van der Waals surface area contributed by atoms with E-state index in [0.29, 0.717) is 12.2 Å². The molecule has 0 fully saturated rings. The van der Waals surface area contributed by atoms with Crippen molar-refractivity contribution in [3.8, 4) is 0 Å². The van der Waals surface area contributed by atoms with Crippen molar-refractivity contribution < 1.29 is 4.79 Å². The molecule has 1 amide bonds. The number of aromatic amines is 1. The molecule has 0 saturated heterocycles. The molecule has 0 aliphatic rings. The molecule has 82 valence electrons. The van der Waals surface area contributed by atoms with Crippen molar-refractivity contribution >= 4 is 27.7 Å². The van der Waals surface area contributed by atoms with Crippen LogP contribution in [0, 0.1) is 0 Å². The number of aromatic nitrogens is 2. The van der Waals surface area contributed by atoms with Crippen molar-refractivity contribution in [1.82, 2.24) is 9.97 Å². The van der Waals surface area contributed by atoms with Gasteiger partial charge in [0.1, 0.15) is 5.82 Å². The minimum atomic E-state index is -0.0859. The molecule has 16 heavy (non-hydrogen) atoms. The van der Waals surface area contributed by atoms with Crippen molar-refractivity contribution in [1.29, 1.82) is 0 Å². The molecule has 0 bridgehead atoms. The highest BCUT2D eigenvalue weighted by Gasteiger charge is 2.04. The molecule has 5 heteroatoms. The van der Waals surface area contributed by atoms with Crippen molar-refractivity contribution in [3.05, 3.63) is 46.8 Å². The van der Waals surface area contributed by atoms with E-state index in [-0.39, 0.29) is 5.91 Å². The number of pyridine rings is 1. The number of carbonyl (C=O) groups is 1. The van der Waals surface area contributed by atoms with E-state index in [2.05, 4.69) is 31.2 Å². The minimum Gasteiger partial charge on any atom is -0.365 e. The molecule has 0 aromatic carbocycles. The van der Waals surface area contributed by atoms with Gasteiger partial charge < -0.3 is 10.3 Å². The number of H-pyrrole nitrogens is 1. The predicted molar refractivity (Wildman–Crippen MR) is 65.1 cm³/mol. The van der Waals surface area contributed by atoms with E-state index in [1.54, 1.807) is 18.5 Å². The number of hydrogen-bond acceptors (Lipinski definition) is 2. The summed E-state index contributed by atoms with van der Waals surface area (Å²) in [6.07, 6.45) is 3.76. The summed E-state index contributed by atoms with van der Waals surface area (Å²) in [7, 11) is 0. The van der Waals surface area contributed by atoms with E-state index in [1.807, 2.05) is 18.2 Å². The molecule has 0 atom stereocenters. The van der Waals surface area contributed by atoms with E-state index in [9.17, 15) is 4.79 Å². The van der Waals surface area contributed by atoms with E-state index in [4.69, 9.17) is 0 Å². The standard InChI is InChI=1S/C11H10BrN3O/c12-8-3-4-10(14-7-8)15-11(16)6-9-2-1-5-13-9/h1-5,7,13H,6H2,(H,14,15,16). The van der Waals surface area contributed by atoms with Crippen LogP contribution in [0.25, 0.3) is 0 Å². The molecule has 0 radical (unpaired) electrons. The fourth-order valence-electron chi connectivity index (χ4n) is 1.29. The maximum absolute atomic E-state index is 11.6. The lowest BCUT2D eigenvalue weighted by molar-refractivity contribution is -0.115. The number of hydrogen-bond donors (Lipinski definition) is 2. The first-order valence-electron chi connectivity index (χ1n) is 4.78. The maximum Gasteiger partial charge on any atom is 0.231 e. The molecule has 0 aliphatic carbocycles. The molecule has 2 heterocycles. The Bertz CT molecular complexity index is 464. The molecule has 0 aliphatic heterocycles. The Hall–Kier alpha value is -1.62. The summed E-state index contributed by atoms with van der Waals surface area (Å²) in [6.45, 7) is 0. The Kier molecular flexibility index (Phi) is 3.36. The summed E-state index contributed by atoms with van der Waals surface area (Å²) < 4.78 is 0.884. The summed E-state index contributed by atoms with van der Waals surface area (Å²) in [6, 6.07) is 7.31. The third-order valence-corrected chi connectivity index (χ3v) is 2.48. The summed E-state index contributed by atoms with van der Waals surface area (Å²) in [5.74, 6) is 0.469. The molecule has 0 spiro atoms. The van der Waals surface area contributed by atoms with Crippen molar-refractivity contribution in [2.45, 2.75) is 6.42 Å². The highest BCUT2D eigenvalue weighted by Crippen LogP contribution is 2.10. The van der Waals surface area contributed by atoms with Gasteiger partial charge in [-0.15, -0.1) is 0 Å². The SMILES string of the molecule is O=C(Cc1ccc[nH]1)Nc1ccc(Br)cn1. The quantitative estimate of drug-likeness (QED) is 0.906. The van der Waals surface area contributed by atoms with Crippen molar-refractivity contribution in [2.75, 3.05) is 5.32 Å². The molecule has 2 aromatic rings. The summed E-state index contributed by atoms with van der Waals surface area (Å²) in [5.41, 5.74) is 0.884. The molecule has 0 unspecified atom stereocenters. The van der Waals surface area contributed by atoms with Crippen molar-refractivity contribution in [3.63, 3.8) is 0 Å². The fourth-order valence-corrected chi connectivity index (χ4v) is 1.52. The Morgan fingerprint density at radius 3 is 2.94 bits per heavy atom. The fraction of sp³-hybridized carbons (Fsp3) is 0.0909. The van der Waals surface area contributed by atoms with Gasteiger partial charge in [0.05, 0.1) is 6.42 Å². The first-order chi connectivity index (χ1) is 7.74. The second kappa shape index (κ2) is 4.94. The zero-order valence-electron chi connectivity index (χ0n) is 8.40. The van der Waals surface area contributed by atoms with Gasteiger partial charge in [-0.25, -0.2) is 4.98 Å². The van der Waals surface area contributed by atoms with Crippen LogP contribution in [0.1, 0.15) is 5.69 Å². The number of nitrogens with zero attached hydrogens (tertiary/aromatic N) is 1. The molecular weight excluding hydrogens is 270 g/mol. The van der Waals surface area contributed by atoms with Gasteiger partial charge in [0, 0.05) is 22.6 Å². The van der Waals surface area contributed by atoms with Crippen LogP contribution in [0.3, 0.4) is 0 Å². The van der Waals surface area contributed by atoms with Gasteiger partial charge in [-0.3, -0.25) is 4.79 Å². The monoisotopic (exact) mass is 279 g/mol. The third-order valence-electron chi connectivity index (χ3n) is 2.01. The number of carbonyl (C=O) groups excluding carboxylic acids is 1. The lowest BCUT2D eigenvalue weighted by Gasteiger charge is -2.03. The van der Waals surface area contributed by atoms with Gasteiger partial charge in [-0.2, -0.15) is 0 Å². The molecule has 0 saturated carbocycles. The highest BCUT2D eigenvalue weighted by molar-refractivity contribution is 9.10. The first-order valence-corrected chi connectivity index (χ1v) is 5.57. The second-order valence-corrected chi connectivity index (χ2v) is 4.20. The van der Waals surface area contributed by atoms with Crippen LogP contribution in [0.4, 0.5) is 5.82 Å². The topological polar surface area (TPSA) is 57.8 Å². The average molecular weight is 280 g/mol. The highest BCUT2D eigenvalue weighted by atomic mass is 79.9. The number of amides is 1. The van der Waals surface area contributed by atoms with Gasteiger partial charge in [-0.05, 0) is 40.2 Å². The van der Waals surface area contributed by atoms with Crippen LogP contribution in [0.5, 0.6) is 0 Å². The minimum absolute atomic E-state index is 0.0859. The zero-order valence-corrected chi connectivity index (χ0v) is 9.99. The number of nitrogens with one attached hydrogen (secondary N) is 2. The number of rotatable bonds is 3. The van der Waals surface area contributed by atoms with Crippen LogP contribution in [-0.4, -0.2) is 15.9 Å². The Balaban J connectivity index is 1.95. The Morgan fingerprint density at radius 1 is 1.44 bits per heavy atom. The third kappa shape index (κ3) is 2.93. The van der Waals surface area contributed by atoms with Crippen molar-refractivity contribution in [2.24, 2.45) is 0 Å². The van der Waals surface area contributed by atoms with E-state index < -0.39 is 0 Å². The van der Waals surface area contributed by atoms with Gasteiger partial charge in [0.15, 0.2) is 0 Å². The van der Waals surface area contributed by atoms with Gasteiger partial charge in [0.25, 0.3) is 0 Å². The van der Waals surface area contributed by atoms with Crippen LogP contribution in [0.15, 0.2) is 41.1 Å².